The number of H-pyrrole nitrogens is 1. The number of carbonyl (C=O) groups excluding carboxylic acids is 15. The number of nitrogens with one attached hydrogen (secondary N) is 3. The molecule has 5 amide bonds. The minimum atomic E-state index is -0.604. The third kappa shape index (κ3) is 21.8. The highest BCUT2D eigenvalue weighted by Crippen LogP contribution is 2.32. The van der Waals surface area contributed by atoms with Gasteiger partial charge in [0.2, 0.25) is 5.91 Å². The fourth-order valence-corrected chi connectivity index (χ4v) is 13.5. The van der Waals surface area contributed by atoms with E-state index in [1.165, 1.54) is 13.7 Å². The zero-order valence-corrected chi connectivity index (χ0v) is 70.4. The molecule has 0 saturated carbocycles. The highest BCUT2D eigenvalue weighted by molar-refractivity contribution is 6.35. The molecule has 0 unspecified atom stereocenters. The van der Waals surface area contributed by atoms with E-state index in [9.17, 15) is 71.9 Å². The van der Waals surface area contributed by atoms with Gasteiger partial charge in [-0.05, 0) is 179 Å². The van der Waals surface area contributed by atoms with Crippen LogP contribution in [0, 0.1) is 83.1 Å². The molecule has 39 heteroatoms. The lowest BCUT2D eigenvalue weighted by Crippen LogP contribution is -2.49. The van der Waals surface area contributed by atoms with Crippen LogP contribution in [0.25, 0.3) is 5.52 Å². The van der Waals surface area contributed by atoms with Crippen molar-refractivity contribution in [2.24, 2.45) is 17.4 Å². The fraction of sp³-hybridized carbons (Fsp3) is 0.455. The highest BCUT2D eigenvalue weighted by Gasteiger charge is 2.38. The molecule has 0 atom stereocenters. The van der Waals surface area contributed by atoms with Crippen molar-refractivity contribution in [2.75, 3.05) is 66.0 Å². The van der Waals surface area contributed by atoms with E-state index in [4.69, 9.17) is 83.3 Å². The summed E-state index contributed by atoms with van der Waals surface area (Å²) in [6, 6.07) is 0. The first-order valence-electron chi connectivity index (χ1n) is 36.7. The first-order chi connectivity index (χ1) is 54.6. The fourth-order valence-electron chi connectivity index (χ4n) is 12.9. The van der Waals surface area contributed by atoms with E-state index in [1.807, 2.05) is 19.3 Å². The van der Waals surface area contributed by atoms with E-state index in [2.05, 4.69) is 15.3 Å². The number of ketones is 1. The number of fused-ring (bicyclic) bond motifs is 3. The number of nitrogens with zero attached hydrogens (tertiary/aromatic N) is 7. The van der Waals surface area contributed by atoms with E-state index in [-0.39, 0.29) is 129 Å². The van der Waals surface area contributed by atoms with Crippen LogP contribution in [0.4, 0.5) is 0 Å². The Bertz CT molecular complexity index is 4970. The van der Waals surface area contributed by atoms with E-state index < -0.39 is 71.4 Å². The van der Waals surface area contributed by atoms with Crippen LogP contribution in [0.1, 0.15) is 244 Å². The van der Waals surface area contributed by atoms with Crippen molar-refractivity contribution in [2.45, 2.75) is 172 Å². The Labute approximate surface area is 678 Å². The molecule has 0 aliphatic carbocycles. The molecule has 9 rings (SSSR count). The molecule has 0 spiro atoms. The van der Waals surface area contributed by atoms with Gasteiger partial charge in [0, 0.05) is 40.4 Å². The summed E-state index contributed by atoms with van der Waals surface area (Å²) in [4.78, 5) is 184. The maximum atomic E-state index is 12.2. The second kappa shape index (κ2) is 43.6. The summed E-state index contributed by atoms with van der Waals surface area (Å²) in [5, 5.41) is 3.37. The Hall–Kier alpha value is -11.8. The summed E-state index contributed by atoms with van der Waals surface area (Å²) in [5.74, 6) is 3.31. The monoisotopic (exact) mass is 1660 g/mol. The molecule has 0 fully saturated rings. The Kier molecular flexibility index (Phi) is 36.3. The number of hydrogen-bond acceptors (Lipinski definition) is 28. The van der Waals surface area contributed by atoms with Crippen LogP contribution in [0.3, 0.4) is 0 Å². The van der Waals surface area contributed by atoms with Crippen molar-refractivity contribution in [3.8, 4) is 0 Å². The largest absolute Gasteiger partial charge is 0.465 e. The first-order valence-corrected chi connectivity index (χ1v) is 37.4. The standard InChI is InChI=1S/C16H23NO6.C13H20N4O4.C12H12Cl2N2O2.C12H15N3O4.C12H14N2O4.C12H17NO4/c1-6-21-12(18)9-17-11(5)13(15(19)22-7-2)10(4)14(17)16(20)23-8-3;1-4-21-13(20)11-7(2)12(9(18)5-14)17(8(11)3)6-10(19)16-15;1-4-18-12(17)9-6(2)10-11(14)15-8(13)5-16(10)7(9)3;1-4-19-12(18)9-6(2)10-11(17)15(13)8(16)5-14(10)7(9)3;1-4-18-12(17)9-6(2)10-11(16)13-8(15)5-14(10)7(9)3;1-5-16-11(14)9-7(3)10(13-8(9)4)12(15)17-6-2/h6-9H2,1-5H3;4-6,14-15H2,1-3H3,(H,16,19);5H,4H2,1-3H3;4-5,13H2,1-3H3;4-5H2,1-3H3,(H,13,15,16);13H,5-6H2,1-4H3. The van der Waals surface area contributed by atoms with Crippen molar-refractivity contribution in [1.82, 2.24) is 48.4 Å². The SMILES string of the molecule is CCOC(=O)Cn1c(C)c(C(=O)OCC)c(C)c1C(=O)OCC.CCOC(=O)c1[nH]c(C)c(C(=O)OCC)c1C.CCOC(=O)c1c(C)c(C(=O)CN)n(CC(=O)NN)c1C.CCOC(=O)c1c(C)c2c(Cl)nc(Cl)cn2c1C.CCOC(=O)c1c(C)c2n(c1C)CC(=O)N(N)C2=O.CCOC(=O)c1c(C)c2n(c1C)CC(=O)NC2=O. The predicted molar refractivity (Wildman–Crippen MR) is 418 cm³/mol. The Morgan fingerprint density at radius 3 is 1.29 bits per heavy atom. The van der Waals surface area contributed by atoms with E-state index in [0.717, 1.165) is 11.3 Å². The van der Waals surface area contributed by atoms with Crippen molar-refractivity contribution in [1.29, 1.82) is 0 Å². The normalized spacial score (nSPS) is 11.7. The summed E-state index contributed by atoms with van der Waals surface area (Å²) in [7, 11) is 0. The maximum Gasteiger partial charge on any atom is 0.355 e. The quantitative estimate of drug-likeness (QED) is 0.00684. The number of ether oxygens (including phenoxy) is 9. The third-order valence-corrected chi connectivity index (χ3v) is 18.4. The smallest absolute Gasteiger partial charge is 0.355 e. The van der Waals surface area contributed by atoms with Gasteiger partial charge in [-0.3, -0.25) is 44.3 Å². The number of aromatic amines is 1. The van der Waals surface area contributed by atoms with Gasteiger partial charge in [0.15, 0.2) is 10.9 Å². The number of halogens is 2. The number of aryl methyl sites for hydroxylation is 3. The molecule has 0 saturated heterocycles. The number of carbonyl (C=O) groups is 15. The Morgan fingerprint density at radius 1 is 0.466 bits per heavy atom. The highest BCUT2D eigenvalue weighted by atomic mass is 35.5. The topological polar surface area (TPSA) is 497 Å². The van der Waals surface area contributed by atoms with Crippen LogP contribution in [-0.4, -0.2) is 193 Å². The average Bonchev–Trinajstić information content (AvgIpc) is 1.53. The van der Waals surface area contributed by atoms with Gasteiger partial charge in [-0.1, -0.05) is 23.2 Å². The number of Topliss-reactive ketones (excluding diaryl/α,β-unsaturated/α-hetero) is 1. The first kappa shape index (κ1) is 96.6. The number of amides is 5. The van der Waals surface area contributed by atoms with Crippen molar-refractivity contribution >= 4 is 118 Å². The molecule has 0 aromatic carbocycles. The predicted octanol–water partition coefficient (Wildman–Crippen LogP) is 7.54. The van der Waals surface area contributed by atoms with Crippen LogP contribution in [0.15, 0.2) is 6.20 Å². The Balaban J connectivity index is 0.000000294. The molecule has 0 radical (unpaired) electrons. The zero-order chi connectivity index (χ0) is 87.9. The summed E-state index contributed by atoms with van der Waals surface area (Å²) >= 11 is 11.9. The van der Waals surface area contributed by atoms with Gasteiger partial charge in [0.1, 0.15) is 54.1 Å². The number of nitrogens with two attached hydrogens (primary N) is 3. The van der Waals surface area contributed by atoms with E-state index >= 15 is 0 Å². The molecule has 9 N–H and O–H groups in total. The van der Waals surface area contributed by atoms with Crippen LogP contribution < -0.4 is 28.2 Å². The molecule has 632 valence electrons. The summed E-state index contributed by atoms with van der Waals surface area (Å²) in [6.07, 6.45) is 1.63. The zero-order valence-electron chi connectivity index (χ0n) is 68.9. The number of aromatic nitrogens is 7. The van der Waals surface area contributed by atoms with Gasteiger partial charge in [0.05, 0.1) is 111 Å². The lowest BCUT2D eigenvalue weighted by atomic mass is 10.1. The van der Waals surface area contributed by atoms with Gasteiger partial charge < -0.3 is 76.0 Å². The summed E-state index contributed by atoms with van der Waals surface area (Å²) in [5.41, 5.74) is 18.2. The maximum absolute atomic E-state index is 12.2. The Morgan fingerprint density at radius 2 is 0.853 bits per heavy atom. The average molecular weight is 1660 g/mol. The van der Waals surface area contributed by atoms with Crippen LogP contribution in [0.2, 0.25) is 10.3 Å². The number of imide groups is 2. The third-order valence-electron chi connectivity index (χ3n) is 17.9. The molecule has 2 aliphatic rings. The van der Waals surface area contributed by atoms with E-state index in [1.54, 1.807) is 147 Å². The molecule has 0 bridgehead atoms. The number of rotatable bonds is 23. The van der Waals surface area contributed by atoms with Crippen LogP contribution in [-0.2, 0) is 88.0 Å². The number of esters is 9. The lowest BCUT2D eigenvalue weighted by molar-refractivity contribution is -0.144. The summed E-state index contributed by atoms with van der Waals surface area (Å²) in [6.45, 7) is 37.5. The molecular formula is C77H101Cl2N13O24. The lowest BCUT2D eigenvalue weighted by Gasteiger charge is -2.23. The van der Waals surface area contributed by atoms with Gasteiger partial charge in [-0.15, -0.1) is 0 Å². The van der Waals surface area contributed by atoms with Crippen molar-refractivity contribution < 1.29 is 115 Å². The minimum Gasteiger partial charge on any atom is -0.465 e. The molecular weight excluding hydrogens is 1560 g/mol. The summed E-state index contributed by atoms with van der Waals surface area (Å²) < 4.78 is 52.5. The molecule has 116 heavy (non-hydrogen) atoms. The molecule has 37 nitrogen and oxygen atoms in total. The van der Waals surface area contributed by atoms with Gasteiger partial charge in [-0.2, -0.15) is 0 Å². The van der Waals surface area contributed by atoms with Crippen molar-refractivity contribution in [3.63, 3.8) is 0 Å². The molecule has 2 aliphatic heterocycles. The van der Waals surface area contributed by atoms with E-state index in [0.29, 0.717) is 120 Å². The number of hydrogen-bond donors (Lipinski definition) is 6. The molecule has 7 aromatic rings. The van der Waals surface area contributed by atoms with Gasteiger partial charge in [-0.25, -0.2) is 60.0 Å². The van der Waals surface area contributed by atoms with Gasteiger partial charge in [0.25, 0.3) is 23.6 Å². The van der Waals surface area contributed by atoms with Crippen LogP contribution >= 0.6 is 23.2 Å². The molecule has 7 aromatic heterocycles. The molecule has 9 heterocycles. The second-order valence-corrected chi connectivity index (χ2v) is 25.8. The van der Waals surface area contributed by atoms with Gasteiger partial charge >= 0.3 is 53.7 Å². The second-order valence-electron chi connectivity index (χ2n) is 25.1. The van der Waals surface area contributed by atoms with Crippen molar-refractivity contribution in [3.05, 3.63) is 146 Å². The minimum absolute atomic E-state index is 0.0488. The number of hydrazine groups is 2. The van der Waals surface area contributed by atoms with Crippen LogP contribution in [0.5, 0.6) is 0 Å².